The number of ether oxygens (including phenoxy) is 1. The average Bonchev–Trinajstić information content (AvgIpc) is 3.12. The molecule has 1 aliphatic heterocycles. The van der Waals surface area contributed by atoms with Gasteiger partial charge in [-0.25, -0.2) is 0 Å². The number of nitro groups is 1. The molecule has 0 saturated carbocycles. The standard InChI is InChI=1S/C19H15N3O4S/c1-26-15-8-7-12(9-14(15)22(24)25)17-20-18(23)16-13(10-27-19(16)21-17)11-5-3-2-4-6-11/h2-10,17,21H,1H3,(H,20,23). The van der Waals surface area contributed by atoms with Crippen LogP contribution in [0, 0.1) is 10.1 Å². The van der Waals surface area contributed by atoms with Crippen molar-refractivity contribution in [3.63, 3.8) is 0 Å². The van der Waals surface area contributed by atoms with Crippen LogP contribution in [-0.2, 0) is 0 Å². The van der Waals surface area contributed by atoms with Crippen LogP contribution in [0.5, 0.6) is 5.75 Å². The van der Waals surface area contributed by atoms with E-state index in [0.717, 1.165) is 16.1 Å². The van der Waals surface area contributed by atoms with Gasteiger partial charge in [-0.3, -0.25) is 14.9 Å². The van der Waals surface area contributed by atoms with Crippen LogP contribution in [-0.4, -0.2) is 17.9 Å². The number of hydrogen-bond acceptors (Lipinski definition) is 6. The number of carbonyl (C=O) groups excluding carboxylic acids is 1. The Labute approximate surface area is 158 Å². The zero-order valence-corrected chi connectivity index (χ0v) is 15.1. The molecule has 0 fully saturated rings. The Bertz CT molecular complexity index is 1030. The maximum atomic E-state index is 12.8. The number of anilines is 1. The van der Waals surface area contributed by atoms with E-state index in [2.05, 4.69) is 10.6 Å². The van der Waals surface area contributed by atoms with Gasteiger partial charge in [-0.05, 0) is 11.6 Å². The van der Waals surface area contributed by atoms with E-state index in [4.69, 9.17) is 4.74 Å². The minimum Gasteiger partial charge on any atom is -0.490 e. The van der Waals surface area contributed by atoms with Crippen LogP contribution < -0.4 is 15.4 Å². The second-order valence-corrected chi connectivity index (χ2v) is 6.84. The molecule has 8 heteroatoms. The van der Waals surface area contributed by atoms with Crippen molar-refractivity contribution in [2.45, 2.75) is 6.17 Å². The summed E-state index contributed by atoms with van der Waals surface area (Å²) >= 11 is 1.44. The van der Waals surface area contributed by atoms with Crippen molar-refractivity contribution < 1.29 is 14.5 Å². The Morgan fingerprint density at radius 2 is 1.93 bits per heavy atom. The van der Waals surface area contributed by atoms with Gasteiger partial charge >= 0.3 is 5.69 Å². The van der Waals surface area contributed by atoms with Gasteiger partial charge < -0.3 is 15.4 Å². The lowest BCUT2D eigenvalue weighted by molar-refractivity contribution is -0.385. The molecule has 4 rings (SSSR count). The van der Waals surface area contributed by atoms with Crippen LogP contribution in [0.3, 0.4) is 0 Å². The van der Waals surface area contributed by atoms with Crippen molar-refractivity contribution in [1.29, 1.82) is 0 Å². The quantitative estimate of drug-likeness (QED) is 0.522. The summed E-state index contributed by atoms with van der Waals surface area (Å²) in [5, 5.41) is 20.1. The smallest absolute Gasteiger partial charge is 0.311 e. The van der Waals surface area contributed by atoms with E-state index in [1.807, 2.05) is 35.7 Å². The molecule has 1 atom stereocenters. The molecule has 1 unspecified atom stereocenters. The van der Waals surface area contributed by atoms with Crippen molar-refractivity contribution in [3.8, 4) is 16.9 Å². The summed E-state index contributed by atoms with van der Waals surface area (Å²) in [7, 11) is 1.38. The molecule has 2 heterocycles. The Morgan fingerprint density at radius 1 is 1.15 bits per heavy atom. The molecule has 0 bridgehead atoms. The Kier molecular flexibility index (Phi) is 4.25. The van der Waals surface area contributed by atoms with Crippen LogP contribution in [0.15, 0.2) is 53.9 Å². The number of fused-ring (bicyclic) bond motifs is 1. The monoisotopic (exact) mass is 381 g/mol. The fourth-order valence-electron chi connectivity index (χ4n) is 3.09. The second-order valence-electron chi connectivity index (χ2n) is 5.96. The molecule has 1 amide bonds. The van der Waals surface area contributed by atoms with E-state index >= 15 is 0 Å². The summed E-state index contributed by atoms with van der Waals surface area (Å²) in [5.74, 6) is -0.0404. The zero-order valence-electron chi connectivity index (χ0n) is 14.3. The second kappa shape index (κ2) is 6.73. The number of carbonyl (C=O) groups is 1. The molecule has 2 aromatic carbocycles. The first-order valence-corrected chi connectivity index (χ1v) is 9.03. The van der Waals surface area contributed by atoms with E-state index in [-0.39, 0.29) is 17.3 Å². The third-order valence-corrected chi connectivity index (χ3v) is 5.30. The molecule has 1 aliphatic rings. The number of thiophene rings is 1. The van der Waals surface area contributed by atoms with Crippen LogP contribution in [0.4, 0.5) is 10.7 Å². The molecule has 136 valence electrons. The van der Waals surface area contributed by atoms with Gasteiger partial charge in [-0.1, -0.05) is 36.4 Å². The lowest BCUT2D eigenvalue weighted by atomic mass is 10.0. The largest absolute Gasteiger partial charge is 0.490 e. The normalized spacial score (nSPS) is 15.4. The lowest BCUT2D eigenvalue weighted by Gasteiger charge is -2.26. The topological polar surface area (TPSA) is 93.5 Å². The van der Waals surface area contributed by atoms with Gasteiger partial charge in [-0.15, -0.1) is 11.3 Å². The van der Waals surface area contributed by atoms with E-state index in [1.165, 1.54) is 30.6 Å². The average molecular weight is 381 g/mol. The highest BCUT2D eigenvalue weighted by molar-refractivity contribution is 7.15. The maximum Gasteiger partial charge on any atom is 0.311 e. The van der Waals surface area contributed by atoms with Crippen LogP contribution in [0.2, 0.25) is 0 Å². The van der Waals surface area contributed by atoms with Crippen LogP contribution in [0.1, 0.15) is 22.1 Å². The number of rotatable bonds is 4. The zero-order chi connectivity index (χ0) is 19.0. The highest BCUT2D eigenvalue weighted by Crippen LogP contribution is 2.40. The third kappa shape index (κ3) is 3.00. The highest BCUT2D eigenvalue weighted by Gasteiger charge is 2.30. The van der Waals surface area contributed by atoms with Gasteiger partial charge in [0.15, 0.2) is 5.75 Å². The molecule has 0 spiro atoms. The highest BCUT2D eigenvalue weighted by atomic mass is 32.1. The Hall–Kier alpha value is -3.39. The summed E-state index contributed by atoms with van der Waals surface area (Å²) in [4.78, 5) is 23.5. The first-order valence-electron chi connectivity index (χ1n) is 8.15. The fourth-order valence-corrected chi connectivity index (χ4v) is 4.08. The number of nitro benzene ring substituents is 1. The van der Waals surface area contributed by atoms with E-state index in [1.54, 1.807) is 6.07 Å². The molecular weight excluding hydrogens is 366 g/mol. The number of nitrogens with zero attached hydrogens (tertiary/aromatic N) is 1. The summed E-state index contributed by atoms with van der Waals surface area (Å²) in [6.45, 7) is 0. The Morgan fingerprint density at radius 3 is 2.63 bits per heavy atom. The first kappa shape index (κ1) is 17.0. The summed E-state index contributed by atoms with van der Waals surface area (Å²) in [6.07, 6.45) is -0.558. The van der Waals surface area contributed by atoms with E-state index in [9.17, 15) is 14.9 Å². The van der Waals surface area contributed by atoms with Gasteiger partial charge in [0.25, 0.3) is 5.91 Å². The molecule has 0 radical (unpaired) electrons. The van der Waals surface area contributed by atoms with Gasteiger partial charge in [0, 0.05) is 22.6 Å². The van der Waals surface area contributed by atoms with Crippen molar-refractivity contribution in [1.82, 2.24) is 5.32 Å². The van der Waals surface area contributed by atoms with Crippen molar-refractivity contribution in [3.05, 3.63) is 75.2 Å². The Balaban J connectivity index is 1.69. The van der Waals surface area contributed by atoms with Gasteiger partial charge in [-0.2, -0.15) is 0 Å². The summed E-state index contributed by atoms with van der Waals surface area (Å²) in [6, 6.07) is 14.3. The minimum atomic E-state index is -0.558. The predicted molar refractivity (Wildman–Crippen MR) is 103 cm³/mol. The predicted octanol–water partition coefficient (Wildman–Crippen LogP) is 4.19. The van der Waals surface area contributed by atoms with Crippen molar-refractivity contribution >= 4 is 27.9 Å². The third-order valence-electron chi connectivity index (χ3n) is 4.39. The molecule has 1 aromatic heterocycles. The fraction of sp³-hybridized carbons (Fsp3) is 0.105. The molecule has 2 N–H and O–H groups in total. The van der Waals surface area contributed by atoms with E-state index in [0.29, 0.717) is 11.1 Å². The van der Waals surface area contributed by atoms with E-state index < -0.39 is 11.1 Å². The minimum absolute atomic E-state index is 0.145. The number of hydrogen-bond donors (Lipinski definition) is 2. The number of nitrogens with one attached hydrogen (secondary N) is 2. The molecule has 27 heavy (non-hydrogen) atoms. The van der Waals surface area contributed by atoms with Crippen LogP contribution in [0.25, 0.3) is 11.1 Å². The first-order chi connectivity index (χ1) is 13.1. The number of benzene rings is 2. The molecular formula is C19H15N3O4S. The van der Waals surface area contributed by atoms with Gasteiger partial charge in [0.1, 0.15) is 11.2 Å². The molecule has 0 saturated heterocycles. The molecule has 0 aliphatic carbocycles. The summed E-state index contributed by atoms with van der Waals surface area (Å²) in [5.41, 5.74) is 2.85. The number of amides is 1. The van der Waals surface area contributed by atoms with Crippen molar-refractivity contribution in [2.75, 3.05) is 12.4 Å². The molecule has 3 aromatic rings. The van der Waals surface area contributed by atoms with Gasteiger partial charge in [0.2, 0.25) is 0 Å². The van der Waals surface area contributed by atoms with Crippen molar-refractivity contribution in [2.24, 2.45) is 0 Å². The van der Waals surface area contributed by atoms with Gasteiger partial charge in [0.05, 0.1) is 17.6 Å². The SMILES string of the molecule is COc1ccc(C2NC(=O)c3c(-c4ccccc4)csc3N2)cc1[N+](=O)[O-]. The van der Waals surface area contributed by atoms with Crippen LogP contribution >= 0.6 is 11.3 Å². The molecule has 7 nitrogen and oxygen atoms in total. The summed E-state index contributed by atoms with van der Waals surface area (Å²) < 4.78 is 5.03. The number of methoxy groups -OCH3 is 1. The lowest BCUT2D eigenvalue weighted by Crippen LogP contribution is -2.38. The maximum absolute atomic E-state index is 12.8.